The molecule has 0 saturated carbocycles. The van der Waals surface area contributed by atoms with E-state index in [0.717, 1.165) is 24.3 Å². The van der Waals surface area contributed by atoms with E-state index in [-0.39, 0.29) is 18.1 Å². The van der Waals surface area contributed by atoms with Gasteiger partial charge in [-0.3, -0.25) is 4.79 Å². The van der Waals surface area contributed by atoms with Crippen molar-refractivity contribution in [3.8, 4) is 5.75 Å². The molecule has 0 aliphatic carbocycles. The highest BCUT2D eigenvalue weighted by atomic mass is 16.5. The summed E-state index contributed by atoms with van der Waals surface area (Å²) in [6.45, 7) is 4.80. The van der Waals surface area contributed by atoms with Gasteiger partial charge >= 0.3 is 0 Å². The Bertz CT molecular complexity index is 434. The van der Waals surface area contributed by atoms with Crippen molar-refractivity contribution in [1.29, 1.82) is 0 Å². The van der Waals surface area contributed by atoms with Crippen LogP contribution < -0.4 is 15.4 Å². The van der Waals surface area contributed by atoms with Gasteiger partial charge in [0.1, 0.15) is 5.75 Å². The van der Waals surface area contributed by atoms with Gasteiger partial charge in [0, 0.05) is 18.3 Å². The van der Waals surface area contributed by atoms with Crippen LogP contribution in [-0.2, 0) is 4.79 Å². The predicted octanol–water partition coefficient (Wildman–Crippen LogP) is 1.93. The average molecular weight is 248 g/mol. The van der Waals surface area contributed by atoms with Crippen molar-refractivity contribution in [2.45, 2.75) is 38.8 Å². The van der Waals surface area contributed by atoms with Crippen LogP contribution in [0.25, 0.3) is 0 Å². The van der Waals surface area contributed by atoms with Crippen LogP contribution in [0.2, 0.25) is 0 Å². The molecule has 1 aliphatic rings. The van der Waals surface area contributed by atoms with E-state index in [9.17, 15) is 4.79 Å². The van der Waals surface area contributed by atoms with E-state index in [1.807, 2.05) is 31.2 Å². The molecule has 1 aromatic carbocycles. The summed E-state index contributed by atoms with van der Waals surface area (Å²) in [5, 5.41) is 0. The number of hydrogen-bond acceptors (Lipinski definition) is 3. The second kappa shape index (κ2) is 5.40. The van der Waals surface area contributed by atoms with E-state index >= 15 is 0 Å². The van der Waals surface area contributed by atoms with Crippen LogP contribution in [0.5, 0.6) is 5.75 Å². The fraction of sp³-hybridized carbons (Fsp3) is 0.500. The van der Waals surface area contributed by atoms with Gasteiger partial charge in [0.15, 0.2) is 0 Å². The molecule has 2 rings (SSSR count). The molecule has 0 spiro atoms. The molecular weight excluding hydrogens is 228 g/mol. The number of nitrogens with zero attached hydrogens (tertiary/aromatic N) is 1. The van der Waals surface area contributed by atoms with E-state index < -0.39 is 0 Å². The first kappa shape index (κ1) is 12.9. The first-order chi connectivity index (χ1) is 8.61. The van der Waals surface area contributed by atoms with Crippen LogP contribution in [0.4, 0.5) is 5.69 Å². The highest BCUT2D eigenvalue weighted by Crippen LogP contribution is 2.25. The standard InChI is InChI=1S/C14H20N2O2/c1-3-10(2)18-12-6-4-5-11(9-12)16-8-7-13(15)14(16)17/h4-6,9-10,13H,3,7-8,15H2,1-2H3. The molecule has 18 heavy (non-hydrogen) atoms. The van der Waals surface area contributed by atoms with E-state index in [2.05, 4.69) is 6.92 Å². The summed E-state index contributed by atoms with van der Waals surface area (Å²) >= 11 is 0. The molecule has 1 aromatic rings. The van der Waals surface area contributed by atoms with Gasteiger partial charge in [-0.15, -0.1) is 0 Å². The molecule has 2 unspecified atom stereocenters. The molecule has 98 valence electrons. The molecule has 0 aromatic heterocycles. The maximum Gasteiger partial charge on any atom is 0.243 e. The molecular formula is C14H20N2O2. The second-order valence-electron chi connectivity index (χ2n) is 4.72. The maximum absolute atomic E-state index is 11.9. The Labute approximate surface area is 108 Å². The summed E-state index contributed by atoms with van der Waals surface area (Å²) in [7, 11) is 0. The summed E-state index contributed by atoms with van der Waals surface area (Å²) in [6, 6.07) is 7.28. The number of nitrogens with two attached hydrogens (primary N) is 1. The fourth-order valence-electron chi connectivity index (χ4n) is 2.00. The number of carbonyl (C=O) groups is 1. The Morgan fingerprint density at radius 3 is 2.94 bits per heavy atom. The van der Waals surface area contributed by atoms with Gasteiger partial charge in [-0.1, -0.05) is 13.0 Å². The fourth-order valence-corrected chi connectivity index (χ4v) is 2.00. The van der Waals surface area contributed by atoms with Crippen molar-refractivity contribution >= 4 is 11.6 Å². The Hall–Kier alpha value is -1.55. The van der Waals surface area contributed by atoms with Gasteiger partial charge in [0.25, 0.3) is 0 Å². The van der Waals surface area contributed by atoms with Crippen molar-refractivity contribution in [3.63, 3.8) is 0 Å². The van der Waals surface area contributed by atoms with E-state index in [1.54, 1.807) is 4.90 Å². The van der Waals surface area contributed by atoms with Crippen molar-refractivity contribution in [2.24, 2.45) is 5.73 Å². The molecule has 1 amide bonds. The summed E-state index contributed by atoms with van der Waals surface area (Å²) in [5.74, 6) is 0.797. The zero-order valence-corrected chi connectivity index (χ0v) is 10.9. The van der Waals surface area contributed by atoms with Crippen molar-refractivity contribution in [2.75, 3.05) is 11.4 Å². The van der Waals surface area contributed by atoms with Gasteiger partial charge in [0.2, 0.25) is 5.91 Å². The van der Waals surface area contributed by atoms with Crippen LogP contribution in [0.1, 0.15) is 26.7 Å². The number of carbonyl (C=O) groups excluding carboxylic acids is 1. The largest absolute Gasteiger partial charge is 0.491 e. The van der Waals surface area contributed by atoms with Crippen molar-refractivity contribution < 1.29 is 9.53 Å². The van der Waals surface area contributed by atoms with Crippen LogP contribution in [0.3, 0.4) is 0 Å². The molecule has 1 heterocycles. The number of ether oxygens (including phenoxy) is 1. The third-order valence-electron chi connectivity index (χ3n) is 3.29. The van der Waals surface area contributed by atoms with Crippen LogP contribution in [0.15, 0.2) is 24.3 Å². The van der Waals surface area contributed by atoms with Crippen molar-refractivity contribution in [1.82, 2.24) is 0 Å². The van der Waals surface area contributed by atoms with E-state index in [4.69, 9.17) is 10.5 Å². The molecule has 1 fully saturated rings. The quantitative estimate of drug-likeness (QED) is 0.885. The maximum atomic E-state index is 11.9. The minimum atomic E-state index is -0.357. The lowest BCUT2D eigenvalue weighted by Gasteiger charge is -2.18. The summed E-state index contributed by atoms with van der Waals surface area (Å²) < 4.78 is 5.76. The van der Waals surface area contributed by atoms with Crippen molar-refractivity contribution in [3.05, 3.63) is 24.3 Å². The van der Waals surface area contributed by atoms with E-state index in [0.29, 0.717) is 6.54 Å². The molecule has 2 N–H and O–H groups in total. The lowest BCUT2D eigenvalue weighted by Crippen LogP contribution is -2.33. The number of benzene rings is 1. The summed E-state index contributed by atoms with van der Waals surface area (Å²) in [4.78, 5) is 13.6. The monoisotopic (exact) mass is 248 g/mol. The average Bonchev–Trinajstić information content (AvgIpc) is 2.70. The summed E-state index contributed by atoms with van der Waals surface area (Å²) in [6.07, 6.45) is 1.85. The topological polar surface area (TPSA) is 55.6 Å². The highest BCUT2D eigenvalue weighted by molar-refractivity contribution is 5.99. The second-order valence-corrected chi connectivity index (χ2v) is 4.72. The molecule has 2 atom stereocenters. The minimum Gasteiger partial charge on any atom is -0.491 e. The molecule has 4 heteroatoms. The molecule has 0 bridgehead atoms. The first-order valence-corrected chi connectivity index (χ1v) is 6.45. The summed E-state index contributed by atoms with van der Waals surface area (Å²) in [5.41, 5.74) is 6.59. The van der Waals surface area contributed by atoms with Crippen LogP contribution in [0, 0.1) is 0 Å². The zero-order valence-electron chi connectivity index (χ0n) is 10.9. The number of anilines is 1. The van der Waals surface area contributed by atoms with E-state index in [1.165, 1.54) is 0 Å². The number of amides is 1. The molecule has 0 radical (unpaired) electrons. The Kier molecular flexibility index (Phi) is 3.87. The first-order valence-electron chi connectivity index (χ1n) is 6.45. The Balaban J connectivity index is 2.15. The van der Waals surface area contributed by atoms with Crippen LogP contribution >= 0.6 is 0 Å². The van der Waals surface area contributed by atoms with Gasteiger partial charge in [-0.05, 0) is 31.9 Å². The normalized spacial score (nSPS) is 21.2. The molecule has 1 aliphatic heterocycles. The third-order valence-corrected chi connectivity index (χ3v) is 3.29. The SMILES string of the molecule is CCC(C)Oc1cccc(N2CCC(N)C2=O)c1. The molecule has 4 nitrogen and oxygen atoms in total. The Morgan fingerprint density at radius 1 is 1.56 bits per heavy atom. The molecule has 1 saturated heterocycles. The number of hydrogen-bond donors (Lipinski definition) is 1. The Morgan fingerprint density at radius 2 is 2.33 bits per heavy atom. The van der Waals surface area contributed by atoms with Gasteiger partial charge in [0.05, 0.1) is 12.1 Å². The lowest BCUT2D eigenvalue weighted by molar-refractivity contribution is -0.118. The highest BCUT2D eigenvalue weighted by Gasteiger charge is 2.29. The lowest BCUT2D eigenvalue weighted by atomic mass is 10.2. The third kappa shape index (κ3) is 2.64. The minimum absolute atomic E-state index is 0.00399. The van der Waals surface area contributed by atoms with Gasteiger partial charge in [-0.2, -0.15) is 0 Å². The zero-order chi connectivity index (χ0) is 13.1. The van der Waals surface area contributed by atoms with Gasteiger partial charge < -0.3 is 15.4 Å². The van der Waals surface area contributed by atoms with Gasteiger partial charge in [-0.25, -0.2) is 0 Å². The van der Waals surface area contributed by atoms with Crippen LogP contribution in [-0.4, -0.2) is 24.6 Å². The predicted molar refractivity (Wildman–Crippen MR) is 71.8 cm³/mol. The number of rotatable bonds is 4. The smallest absolute Gasteiger partial charge is 0.243 e.